The second-order valence-electron chi connectivity index (χ2n) is 20.3. The van der Waals surface area contributed by atoms with Crippen LogP contribution in [0.4, 0.5) is 0 Å². The van der Waals surface area contributed by atoms with Crippen LogP contribution in [-0.2, 0) is 23.1 Å². The molecular weight excluding hydrogens is 785 g/mol. The summed E-state index contributed by atoms with van der Waals surface area (Å²) in [7, 11) is -4.72. The maximum Gasteiger partial charge on any atom is 0.338 e. The molecule has 0 radical (unpaired) electrons. The van der Waals surface area contributed by atoms with Gasteiger partial charge in [-0.15, -0.1) is 0 Å². The lowest BCUT2D eigenvalue weighted by molar-refractivity contribution is -0.151. The number of esters is 1. The van der Waals surface area contributed by atoms with Gasteiger partial charge < -0.3 is 27.8 Å². The maximum atomic E-state index is 13.3. The first-order valence-corrected chi connectivity index (χ1v) is 29.9. The van der Waals surface area contributed by atoms with E-state index in [0.29, 0.717) is 30.8 Å². The molecule has 0 bridgehead atoms. The molecule has 1 fully saturated rings. The molecule has 0 spiro atoms. The predicted molar refractivity (Wildman–Crippen MR) is 253 cm³/mol. The molecule has 1 unspecified atom stereocenters. The quantitative estimate of drug-likeness (QED) is 0.0717. The lowest BCUT2D eigenvalue weighted by Gasteiger charge is -2.44. The Morgan fingerprint density at radius 1 is 0.814 bits per heavy atom. The van der Waals surface area contributed by atoms with E-state index in [1.54, 1.807) is 19.2 Å². The Kier molecular flexibility index (Phi) is 16.2. The Labute approximate surface area is 360 Å². The van der Waals surface area contributed by atoms with Crippen LogP contribution < -0.4 is 15.1 Å². The Morgan fingerprint density at radius 2 is 1.41 bits per heavy atom. The van der Waals surface area contributed by atoms with E-state index < -0.39 is 30.5 Å². The van der Waals surface area contributed by atoms with Gasteiger partial charge in [0.2, 0.25) is 0 Å². The third-order valence-corrected chi connectivity index (χ3v) is 22.9. The van der Waals surface area contributed by atoms with E-state index in [2.05, 4.69) is 160 Å². The van der Waals surface area contributed by atoms with Crippen molar-refractivity contribution >= 4 is 47.1 Å². The normalized spacial score (nSPS) is 19.0. The van der Waals surface area contributed by atoms with E-state index in [0.717, 1.165) is 11.6 Å². The average molecular weight is 859 g/mol. The van der Waals surface area contributed by atoms with E-state index in [4.69, 9.17) is 27.8 Å². The SMILES string of the molecule is COc1ccc(C(=O)OCC[Si](C)(C)C)c(/C=C/C[C@H]2OC(C)(C)O[C@@H]2C(/C=C\C[C@H](C)O[Si](c2ccccc2)(c2ccccc2)C(C)(C)C)O[Si](C)(C)C(C)(C)C)c1. The second-order valence-corrected chi connectivity index (χ2v) is 34.9. The molecule has 0 saturated carbocycles. The lowest BCUT2D eigenvalue weighted by Crippen LogP contribution is -2.67. The number of hydrogen-bond donors (Lipinski definition) is 0. The van der Waals surface area contributed by atoms with Crippen molar-refractivity contribution in [2.24, 2.45) is 0 Å². The van der Waals surface area contributed by atoms with Crippen LogP contribution in [0.2, 0.25) is 48.9 Å². The fourth-order valence-corrected chi connectivity index (χ4v) is 14.0. The molecule has 0 aliphatic carbocycles. The first kappa shape index (κ1) is 48.6. The van der Waals surface area contributed by atoms with Gasteiger partial charge in [-0.3, -0.25) is 0 Å². The minimum atomic E-state index is -2.73. The standard InChI is InChI=1S/C49H74O7Si3/c1-37(55-59(48(5,6)7,40-26-18-16-19-27-40)41-28-20-17-21-29-41)24-22-31-44(56-58(14,15)47(2,3)4)45-43(53-49(8,9)54-45)30-23-25-38-36-39(51-10)32-33-42(38)46(50)52-34-35-57(11,12)13/h16-23,25-29,31-33,36-37,43-45H,24,30,34-35H2,1-15H3/b25-23+,31-22-/t37-,43+,44?,45-/m0/s1. The van der Waals surface area contributed by atoms with Crippen molar-refractivity contribution in [3.63, 3.8) is 0 Å². The van der Waals surface area contributed by atoms with Crippen LogP contribution in [0.1, 0.15) is 91.1 Å². The molecule has 0 aromatic heterocycles. The lowest BCUT2D eigenvalue weighted by atomic mass is 10.0. The summed E-state index contributed by atoms with van der Waals surface area (Å²) in [5, 5.41) is 2.39. The average Bonchev–Trinajstić information content (AvgIpc) is 3.46. The molecule has 3 aromatic rings. The third kappa shape index (κ3) is 13.0. The van der Waals surface area contributed by atoms with Gasteiger partial charge in [0.05, 0.1) is 31.5 Å². The van der Waals surface area contributed by atoms with Crippen molar-refractivity contribution in [3.8, 4) is 5.75 Å². The first-order chi connectivity index (χ1) is 27.4. The molecule has 7 nitrogen and oxygen atoms in total. The molecule has 4 atom stereocenters. The molecule has 1 aliphatic heterocycles. The Balaban J connectivity index is 1.63. The van der Waals surface area contributed by atoms with Crippen molar-refractivity contribution in [1.82, 2.24) is 0 Å². The van der Waals surface area contributed by atoms with Gasteiger partial charge in [-0.1, -0.05) is 146 Å². The van der Waals surface area contributed by atoms with Gasteiger partial charge in [-0.05, 0) is 97.0 Å². The Bertz CT molecular complexity index is 1810. The highest BCUT2D eigenvalue weighted by molar-refractivity contribution is 6.99. The summed E-state index contributed by atoms with van der Waals surface area (Å²) in [6, 6.07) is 28.0. The van der Waals surface area contributed by atoms with Crippen LogP contribution in [0.15, 0.2) is 97.1 Å². The molecule has 0 N–H and O–H groups in total. The summed E-state index contributed by atoms with van der Waals surface area (Å²) in [6.07, 6.45) is 8.59. The fraction of sp³-hybridized carbons (Fsp3) is 0.531. The number of carbonyl (C=O) groups excluding carboxylic acids is 1. The van der Waals surface area contributed by atoms with E-state index in [-0.39, 0.29) is 40.5 Å². The van der Waals surface area contributed by atoms with Gasteiger partial charge in [0, 0.05) is 14.2 Å². The third-order valence-electron chi connectivity index (χ3n) is 11.6. The van der Waals surface area contributed by atoms with Gasteiger partial charge in [-0.2, -0.15) is 0 Å². The molecule has 1 saturated heterocycles. The number of hydrogen-bond acceptors (Lipinski definition) is 7. The zero-order chi connectivity index (χ0) is 43.9. The molecule has 324 valence electrons. The summed E-state index contributed by atoms with van der Waals surface area (Å²) in [5.74, 6) is -0.470. The Morgan fingerprint density at radius 3 is 1.93 bits per heavy atom. The largest absolute Gasteiger partial charge is 0.497 e. The van der Waals surface area contributed by atoms with E-state index >= 15 is 0 Å². The molecule has 59 heavy (non-hydrogen) atoms. The number of rotatable bonds is 18. The molecule has 3 aromatic carbocycles. The summed E-state index contributed by atoms with van der Waals surface area (Å²) < 4.78 is 39.2. The van der Waals surface area contributed by atoms with E-state index in [1.165, 1.54) is 10.4 Å². The van der Waals surface area contributed by atoms with Crippen molar-refractivity contribution in [3.05, 3.63) is 108 Å². The Hall–Kier alpha value is -3.10. The van der Waals surface area contributed by atoms with Crippen molar-refractivity contribution in [1.29, 1.82) is 0 Å². The van der Waals surface area contributed by atoms with Crippen LogP contribution >= 0.6 is 0 Å². The molecular formula is C49H74O7Si3. The minimum Gasteiger partial charge on any atom is -0.497 e. The summed E-state index contributed by atoms with van der Waals surface area (Å²) in [5.41, 5.74) is 1.25. The first-order valence-electron chi connectivity index (χ1n) is 21.4. The second kappa shape index (κ2) is 19.7. The van der Waals surface area contributed by atoms with Gasteiger partial charge in [0.1, 0.15) is 11.9 Å². The summed E-state index contributed by atoms with van der Waals surface area (Å²) >= 11 is 0. The van der Waals surface area contributed by atoms with E-state index in [1.807, 2.05) is 26.0 Å². The highest BCUT2D eigenvalue weighted by atomic mass is 28.4. The maximum absolute atomic E-state index is 13.3. The monoisotopic (exact) mass is 858 g/mol. The van der Waals surface area contributed by atoms with Crippen LogP contribution in [-0.4, -0.2) is 74.6 Å². The molecule has 0 amide bonds. The summed E-state index contributed by atoms with van der Waals surface area (Å²) in [6.45, 7) is 31.7. The topological polar surface area (TPSA) is 72.5 Å². The highest BCUT2D eigenvalue weighted by Gasteiger charge is 2.51. The smallest absolute Gasteiger partial charge is 0.338 e. The number of ether oxygens (including phenoxy) is 4. The number of methoxy groups -OCH3 is 1. The fourth-order valence-electron chi connectivity index (χ4n) is 7.35. The molecule has 1 aliphatic rings. The van der Waals surface area contributed by atoms with Crippen molar-refractivity contribution in [2.75, 3.05) is 13.7 Å². The van der Waals surface area contributed by atoms with Gasteiger partial charge in [0.15, 0.2) is 14.1 Å². The number of carbonyl (C=O) groups is 1. The van der Waals surface area contributed by atoms with Crippen molar-refractivity contribution < 1.29 is 32.6 Å². The van der Waals surface area contributed by atoms with E-state index in [9.17, 15) is 4.79 Å². The van der Waals surface area contributed by atoms with Crippen LogP contribution in [0.5, 0.6) is 5.75 Å². The van der Waals surface area contributed by atoms with Crippen LogP contribution in [0.3, 0.4) is 0 Å². The predicted octanol–water partition coefficient (Wildman–Crippen LogP) is 11.4. The minimum absolute atomic E-state index is 0.0183. The zero-order valence-electron chi connectivity index (χ0n) is 38.8. The zero-order valence-corrected chi connectivity index (χ0v) is 41.8. The van der Waals surface area contributed by atoms with Crippen LogP contribution in [0.25, 0.3) is 6.08 Å². The van der Waals surface area contributed by atoms with Crippen molar-refractivity contribution in [2.45, 2.75) is 154 Å². The number of benzene rings is 3. The van der Waals surface area contributed by atoms with Gasteiger partial charge >= 0.3 is 5.97 Å². The molecule has 10 heteroatoms. The summed E-state index contributed by atoms with van der Waals surface area (Å²) in [4.78, 5) is 13.3. The van der Waals surface area contributed by atoms with Crippen LogP contribution in [0, 0.1) is 0 Å². The molecule has 1 heterocycles. The highest BCUT2D eigenvalue weighted by Crippen LogP contribution is 2.41. The van der Waals surface area contributed by atoms with Gasteiger partial charge in [-0.25, -0.2) is 4.79 Å². The molecule has 4 rings (SSSR count). The van der Waals surface area contributed by atoms with Gasteiger partial charge in [0.25, 0.3) is 8.32 Å².